The highest BCUT2D eigenvalue weighted by atomic mass is 19.1. The van der Waals surface area contributed by atoms with Crippen molar-refractivity contribution in [1.82, 2.24) is 19.8 Å². The molecule has 0 N–H and O–H groups in total. The zero-order valence-corrected chi connectivity index (χ0v) is 21.2. The van der Waals surface area contributed by atoms with Crippen molar-refractivity contribution in [2.45, 2.75) is 77.3 Å². The second kappa shape index (κ2) is 9.05. The Morgan fingerprint density at radius 1 is 1.16 bits per heavy atom. The minimum atomic E-state index is -0.386. The van der Waals surface area contributed by atoms with Crippen molar-refractivity contribution < 1.29 is 9.18 Å². The molecule has 37 heavy (non-hydrogen) atoms. The van der Waals surface area contributed by atoms with Gasteiger partial charge in [0.05, 0.1) is 40.5 Å². The Labute approximate surface area is 216 Å². The van der Waals surface area contributed by atoms with Crippen LogP contribution in [0.15, 0.2) is 41.8 Å². The Balaban J connectivity index is 0.947. The Morgan fingerprint density at radius 2 is 1.97 bits per heavy atom. The molecule has 2 aromatic heterocycles. The fraction of sp³-hybridized carbons (Fsp3) is 0.483. The Bertz CT molecular complexity index is 1420. The summed E-state index contributed by atoms with van der Waals surface area (Å²) in [6.45, 7) is 2.88. The van der Waals surface area contributed by atoms with Gasteiger partial charge in [-0.1, -0.05) is 19.3 Å². The van der Waals surface area contributed by atoms with E-state index < -0.39 is 0 Å². The van der Waals surface area contributed by atoms with Crippen molar-refractivity contribution in [3.63, 3.8) is 0 Å². The van der Waals surface area contributed by atoms with Gasteiger partial charge in [0.25, 0.3) is 0 Å². The van der Waals surface area contributed by atoms with Crippen LogP contribution in [-0.2, 0) is 11.3 Å². The van der Waals surface area contributed by atoms with Gasteiger partial charge in [0.1, 0.15) is 5.82 Å². The molecule has 1 aliphatic heterocycles. The van der Waals surface area contributed by atoms with E-state index in [1.54, 1.807) is 17.4 Å². The van der Waals surface area contributed by atoms with Gasteiger partial charge in [0.15, 0.2) is 0 Å². The first-order valence-electron chi connectivity index (χ1n) is 13.3. The molecule has 190 valence electrons. The molecular weight excluding hydrogens is 467 g/mol. The summed E-state index contributed by atoms with van der Waals surface area (Å²) >= 11 is 0. The summed E-state index contributed by atoms with van der Waals surface area (Å²) in [5, 5.41) is 20.8. The lowest BCUT2D eigenvalue weighted by atomic mass is 9.33. The fourth-order valence-electron chi connectivity index (χ4n) is 6.93. The largest absolute Gasteiger partial charge is 0.272 e. The second-order valence-corrected chi connectivity index (χ2v) is 11.3. The van der Waals surface area contributed by atoms with Crippen molar-refractivity contribution in [2.24, 2.45) is 15.9 Å². The molecule has 4 aliphatic rings. The molecule has 1 unspecified atom stereocenters. The molecular formula is C29H31FN6O. The minimum absolute atomic E-state index is 0.0982. The molecule has 0 radical (unpaired) electrons. The van der Waals surface area contributed by atoms with Crippen LogP contribution >= 0.6 is 0 Å². The first-order chi connectivity index (χ1) is 17.9. The summed E-state index contributed by atoms with van der Waals surface area (Å²) in [5.41, 5.74) is 3.52. The highest BCUT2D eigenvalue weighted by Gasteiger charge is 2.71. The number of unbranched alkanes of at least 4 members (excludes halogenated alkanes) is 3. The first kappa shape index (κ1) is 23.8. The highest BCUT2D eigenvalue weighted by Crippen LogP contribution is 2.76. The maximum Gasteiger partial charge on any atom is 0.249 e. The third-order valence-electron chi connectivity index (χ3n) is 8.63. The molecule has 8 heteroatoms. The average molecular weight is 499 g/mol. The van der Waals surface area contributed by atoms with Crippen LogP contribution in [0.4, 0.5) is 4.39 Å². The molecule has 7 nitrogen and oxygen atoms in total. The Hall–Kier alpha value is -3.60. The highest BCUT2D eigenvalue weighted by molar-refractivity contribution is 5.88. The number of hydrogen-bond donors (Lipinski definition) is 0. The third kappa shape index (κ3) is 4.11. The zero-order valence-electron chi connectivity index (χ0n) is 21.2. The number of carbonyl (C=O) groups is 1. The van der Waals surface area contributed by atoms with Crippen LogP contribution in [0.1, 0.15) is 80.7 Å². The van der Waals surface area contributed by atoms with Gasteiger partial charge in [-0.05, 0) is 74.3 Å². The van der Waals surface area contributed by atoms with Gasteiger partial charge in [0, 0.05) is 30.8 Å². The number of pyridine rings is 1. The molecule has 1 amide bonds. The van der Waals surface area contributed by atoms with Crippen molar-refractivity contribution in [1.29, 1.82) is 5.26 Å². The molecule has 0 saturated heterocycles. The quantitative estimate of drug-likeness (QED) is 0.347. The van der Waals surface area contributed by atoms with Crippen LogP contribution in [-0.4, -0.2) is 31.9 Å². The van der Waals surface area contributed by atoms with Gasteiger partial charge in [-0.25, -0.2) is 9.40 Å². The third-order valence-corrected chi connectivity index (χ3v) is 8.63. The molecule has 1 atom stereocenters. The van der Waals surface area contributed by atoms with E-state index in [0.29, 0.717) is 23.0 Å². The topological polar surface area (TPSA) is 87.2 Å². The maximum absolute atomic E-state index is 13.7. The van der Waals surface area contributed by atoms with Gasteiger partial charge in [-0.15, -0.1) is 0 Å². The van der Waals surface area contributed by atoms with E-state index in [4.69, 9.17) is 5.26 Å². The molecule has 7 rings (SSSR count). The van der Waals surface area contributed by atoms with Gasteiger partial charge in [0.2, 0.25) is 5.91 Å². The first-order valence-corrected chi connectivity index (χ1v) is 13.3. The number of amides is 1. The zero-order chi connectivity index (χ0) is 25.6. The van der Waals surface area contributed by atoms with Gasteiger partial charge >= 0.3 is 0 Å². The molecule has 3 heterocycles. The molecule has 0 spiro atoms. The number of halogens is 1. The normalized spacial score (nSPS) is 25.6. The summed E-state index contributed by atoms with van der Waals surface area (Å²) in [7, 11) is 0. The Morgan fingerprint density at radius 3 is 2.76 bits per heavy atom. The predicted molar refractivity (Wildman–Crippen MR) is 138 cm³/mol. The van der Waals surface area contributed by atoms with Crippen molar-refractivity contribution in [2.75, 3.05) is 0 Å². The summed E-state index contributed by atoms with van der Waals surface area (Å²) in [6.07, 6.45) is 13.8. The molecule has 3 aromatic rings. The number of nitrogens with zero attached hydrogens (tertiary/aromatic N) is 6. The number of hydrazone groups is 1. The van der Waals surface area contributed by atoms with E-state index in [2.05, 4.69) is 25.9 Å². The lowest BCUT2D eigenvalue weighted by Gasteiger charge is -2.70. The van der Waals surface area contributed by atoms with E-state index >= 15 is 0 Å². The molecule has 3 saturated carbocycles. The summed E-state index contributed by atoms with van der Waals surface area (Å²) in [4.78, 5) is 17.3. The summed E-state index contributed by atoms with van der Waals surface area (Å²) in [5.74, 6) is -0.287. The number of rotatable bonds is 9. The minimum Gasteiger partial charge on any atom is -0.272 e. The monoisotopic (exact) mass is 498 g/mol. The van der Waals surface area contributed by atoms with Crippen LogP contribution < -0.4 is 0 Å². The number of aryl methyl sites for hydroxylation is 2. The fourth-order valence-corrected chi connectivity index (χ4v) is 6.93. The predicted octanol–water partition coefficient (Wildman–Crippen LogP) is 5.83. The van der Waals surface area contributed by atoms with Crippen LogP contribution in [0.2, 0.25) is 0 Å². The molecule has 3 fully saturated rings. The molecule has 3 aliphatic carbocycles. The number of benzene rings is 1. The standard InChI is InChI=1S/C29H31FN6O/c1-20-24-12-21(14-31)6-7-26(24)35(34-20)11-5-3-2-4-9-28-17-29(18-28,19-28)27(37)36-25(8-10-33-36)22-13-23(30)16-32-15-22/h6-7,10,12-13,15-16,25H,2-5,8-9,11,17-19H2,1H3. The van der Waals surface area contributed by atoms with E-state index in [-0.39, 0.29) is 23.2 Å². The van der Waals surface area contributed by atoms with E-state index in [1.807, 2.05) is 25.1 Å². The van der Waals surface area contributed by atoms with Crippen molar-refractivity contribution >= 4 is 23.0 Å². The van der Waals surface area contributed by atoms with Gasteiger partial charge < -0.3 is 0 Å². The van der Waals surface area contributed by atoms with Gasteiger partial charge in [-0.2, -0.15) is 15.5 Å². The molecule has 2 bridgehead atoms. The average Bonchev–Trinajstić information content (AvgIpc) is 3.46. The van der Waals surface area contributed by atoms with Crippen molar-refractivity contribution in [3.05, 3.63) is 59.3 Å². The lowest BCUT2D eigenvalue weighted by molar-refractivity contribution is -0.220. The van der Waals surface area contributed by atoms with Crippen LogP contribution in [0, 0.1) is 34.9 Å². The maximum atomic E-state index is 13.7. The van der Waals surface area contributed by atoms with E-state index in [1.165, 1.54) is 31.5 Å². The van der Waals surface area contributed by atoms with Crippen LogP contribution in [0.3, 0.4) is 0 Å². The van der Waals surface area contributed by atoms with Crippen molar-refractivity contribution in [3.8, 4) is 6.07 Å². The van der Waals surface area contributed by atoms with Gasteiger partial charge in [-0.3, -0.25) is 14.5 Å². The van der Waals surface area contributed by atoms with E-state index in [0.717, 1.165) is 55.2 Å². The van der Waals surface area contributed by atoms with Crippen LogP contribution in [0.5, 0.6) is 0 Å². The number of carbonyl (C=O) groups excluding carboxylic acids is 1. The summed E-state index contributed by atoms with van der Waals surface area (Å²) < 4.78 is 15.7. The summed E-state index contributed by atoms with van der Waals surface area (Å²) in [6, 6.07) is 9.19. The SMILES string of the molecule is Cc1nn(CCCCCCC23CC(C(=O)N4N=CCC4c4cncc(F)c4)(C2)C3)c2ccc(C#N)cc12. The number of aromatic nitrogens is 3. The van der Waals surface area contributed by atoms with Crippen LogP contribution in [0.25, 0.3) is 10.9 Å². The Kier molecular flexibility index (Phi) is 5.82. The number of hydrogen-bond acceptors (Lipinski definition) is 5. The number of nitriles is 1. The molecule has 1 aromatic carbocycles. The van der Waals surface area contributed by atoms with E-state index in [9.17, 15) is 9.18 Å². The number of fused-ring (bicyclic) bond motifs is 1. The second-order valence-electron chi connectivity index (χ2n) is 11.3. The smallest absolute Gasteiger partial charge is 0.249 e. The lowest BCUT2D eigenvalue weighted by Crippen LogP contribution is -2.67.